The van der Waals surface area contributed by atoms with Crippen LogP contribution in [0.1, 0.15) is 42.1 Å². The minimum absolute atomic E-state index is 0.0854. The molecule has 0 radical (unpaired) electrons. The number of carbonyl (C=O) groups excluding carboxylic acids is 3. The van der Waals surface area contributed by atoms with Gasteiger partial charge in [-0.3, -0.25) is 20.0 Å². The van der Waals surface area contributed by atoms with Crippen molar-refractivity contribution in [2.24, 2.45) is 5.73 Å². The maximum Gasteiger partial charge on any atom is 0.320 e. The number of ether oxygens (including phenoxy) is 1. The Hall–Kier alpha value is -4.73. The summed E-state index contributed by atoms with van der Waals surface area (Å²) in [6.07, 6.45) is 3.06. The Kier molecular flexibility index (Phi) is 9.10. The van der Waals surface area contributed by atoms with Crippen LogP contribution >= 0.6 is 0 Å². The summed E-state index contributed by atoms with van der Waals surface area (Å²) in [6.45, 7) is 1.92. The van der Waals surface area contributed by atoms with Crippen molar-refractivity contribution in [3.05, 3.63) is 95.8 Å². The minimum Gasteiger partial charge on any atom is -0.466 e. The van der Waals surface area contributed by atoms with Crippen LogP contribution in [-0.2, 0) is 14.3 Å². The van der Waals surface area contributed by atoms with Crippen molar-refractivity contribution in [1.82, 2.24) is 15.6 Å². The smallest absolute Gasteiger partial charge is 0.320 e. The van der Waals surface area contributed by atoms with Crippen molar-refractivity contribution >= 4 is 29.4 Å². The Bertz CT molecular complexity index is 1190. The number of nitrogen functional groups attached to an aromatic ring is 1. The van der Waals surface area contributed by atoms with Gasteiger partial charge >= 0.3 is 12.0 Å². The molecule has 0 aliphatic heterocycles. The molecule has 0 spiro atoms. The zero-order valence-electron chi connectivity index (χ0n) is 19.7. The molecule has 2 atom stereocenters. The molecule has 0 saturated carbocycles. The molecule has 10 nitrogen and oxygen atoms in total. The summed E-state index contributed by atoms with van der Waals surface area (Å²) >= 11 is 0. The van der Waals surface area contributed by atoms with Crippen molar-refractivity contribution in [2.45, 2.75) is 25.4 Å². The van der Waals surface area contributed by atoms with Crippen LogP contribution in [0.2, 0.25) is 0 Å². The van der Waals surface area contributed by atoms with Gasteiger partial charge < -0.3 is 26.4 Å². The Balaban J connectivity index is 1.79. The van der Waals surface area contributed by atoms with E-state index in [0.29, 0.717) is 22.4 Å². The van der Waals surface area contributed by atoms with E-state index in [-0.39, 0.29) is 18.9 Å². The Labute approximate surface area is 208 Å². The van der Waals surface area contributed by atoms with Gasteiger partial charge in [0.05, 0.1) is 19.1 Å². The van der Waals surface area contributed by atoms with E-state index in [0.717, 1.165) is 0 Å². The molecular weight excluding hydrogens is 460 g/mol. The van der Waals surface area contributed by atoms with E-state index in [9.17, 15) is 14.4 Å². The molecule has 0 aliphatic rings. The second-order valence-corrected chi connectivity index (χ2v) is 7.79. The van der Waals surface area contributed by atoms with E-state index in [1.165, 1.54) is 0 Å². The number of anilines is 1. The average Bonchev–Trinajstić information content (AvgIpc) is 2.88. The summed E-state index contributed by atoms with van der Waals surface area (Å²) in [5.41, 5.74) is 7.62. The number of amidine groups is 1. The predicted octanol–water partition coefficient (Wildman–Crippen LogP) is 3.04. The maximum atomic E-state index is 13.4. The van der Waals surface area contributed by atoms with Gasteiger partial charge in [-0.2, -0.15) is 0 Å². The molecule has 0 saturated heterocycles. The minimum atomic E-state index is -1.05. The number of hydrogen-bond acceptors (Lipinski definition) is 6. The van der Waals surface area contributed by atoms with Crippen LogP contribution in [0.15, 0.2) is 79.1 Å². The highest BCUT2D eigenvalue weighted by Gasteiger charge is 2.27. The number of amides is 3. The topological polar surface area (TPSA) is 159 Å². The van der Waals surface area contributed by atoms with E-state index in [1.807, 2.05) is 0 Å². The van der Waals surface area contributed by atoms with Gasteiger partial charge in [-0.15, -0.1) is 0 Å². The first-order valence-corrected chi connectivity index (χ1v) is 11.3. The van der Waals surface area contributed by atoms with E-state index in [1.54, 1.807) is 86.0 Å². The van der Waals surface area contributed by atoms with Gasteiger partial charge in [0.2, 0.25) is 5.91 Å². The van der Waals surface area contributed by atoms with Gasteiger partial charge in [0, 0.05) is 23.6 Å². The number of pyridine rings is 1. The summed E-state index contributed by atoms with van der Waals surface area (Å²) in [4.78, 5) is 42.5. The number of benzene rings is 2. The lowest BCUT2D eigenvalue weighted by Crippen LogP contribution is -2.43. The third kappa shape index (κ3) is 7.39. The normalized spacial score (nSPS) is 12.0. The lowest BCUT2D eigenvalue weighted by atomic mass is 10.0. The van der Waals surface area contributed by atoms with Crippen LogP contribution < -0.4 is 21.7 Å². The fourth-order valence-electron chi connectivity index (χ4n) is 3.45. The highest BCUT2D eigenvalue weighted by atomic mass is 16.5. The Morgan fingerprint density at radius 1 is 0.972 bits per heavy atom. The predicted molar refractivity (Wildman–Crippen MR) is 135 cm³/mol. The summed E-state index contributed by atoms with van der Waals surface area (Å²) in [7, 11) is 0. The van der Waals surface area contributed by atoms with E-state index < -0.39 is 30.0 Å². The molecule has 3 amide bonds. The van der Waals surface area contributed by atoms with Gasteiger partial charge in [-0.25, -0.2) is 4.79 Å². The van der Waals surface area contributed by atoms with Crippen LogP contribution in [-0.4, -0.2) is 35.3 Å². The zero-order valence-corrected chi connectivity index (χ0v) is 19.7. The molecule has 1 unspecified atom stereocenters. The largest absolute Gasteiger partial charge is 0.466 e. The molecule has 6 N–H and O–H groups in total. The molecule has 3 rings (SSSR count). The lowest BCUT2D eigenvalue weighted by molar-refractivity contribution is -0.143. The third-order valence-corrected chi connectivity index (χ3v) is 5.20. The molecule has 1 heterocycles. The number of aromatic nitrogens is 1. The van der Waals surface area contributed by atoms with Gasteiger partial charge in [0.25, 0.3) is 0 Å². The molecule has 0 bridgehead atoms. The molecule has 1 aromatic heterocycles. The van der Waals surface area contributed by atoms with Crippen molar-refractivity contribution in [2.75, 3.05) is 11.9 Å². The first-order valence-electron chi connectivity index (χ1n) is 11.3. The second-order valence-electron chi connectivity index (χ2n) is 7.79. The monoisotopic (exact) mass is 488 g/mol. The molecule has 186 valence electrons. The number of rotatable bonds is 10. The first-order chi connectivity index (χ1) is 17.4. The third-order valence-electron chi connectivity index (χ3n) is 5.20. The molecular formula is C26H28N6O4. The van der Waals surface area contributed by atoms with E-state index >= 15 is 0 Å². The molecule has 2 aromatic carbocycles. The highest BCUT2D eigenvalue weighted by molar-refractivity contribution is 5.97. The summed E-state index contributed by atoms with van der Waals surface area (Å²) in [5, 5.41) is 15.7. The standard InChI is InChI=1S/C26H28N6O4/c1-2-36-22(33)15-21(19-9-6-14-29-16-19)31-25(34)23(17-7-4-3-5-8-17)32-26(35)30-20-12-10-18(11-13-20)24(27)28/h3-14,16,21,23H,2,15H2,1H3,(H3,27,28)(H,31,34)(H2,30,32,35)/t21?,23-/m0/s1. The highest BCUT2D eigenvalue weighted by Crippen LogP contribution is 2.20. The van der Waals surface area contributed by atoms with Crippen molar-refractivity contribution < 1.29 is 19.1 Å². The number of nitrogens with two attached hydrogens (primary N) is 1. The summed E-state index contributed by atoms with van der Waals surface area (Å²) < 4.78 is 5.06. The van der Waals surface area contributed by atoms with Gasteiger partial charge in [-0.05, 0) is 48.4 Å². The molecule has 36 heavy (non-hydrogen) atoms. The fourth-order valence-corrected chi connectivity index (χ4v) is 3.45. The first kappa shape index (κ1) is 25.9. The van der Waals surface area contributed by atoms with Crippen LogP contribution in [0.25, 0.3) is 0 Å². The van der Waals surface area contributed by atoms with Crippen molar-refractivity contribution in [3.8, 4) is 0 Å². The Morgan fingerprint density at radius 3 is 2.28 bits per heavy atom. The fraction of sp³-hybridized carbons (Fsp3) is 0.192. The van der Waals surface area contributed by atoms with E-state index in [2.05, 4.69) is 20.9 Å². The number of urea groups is 1. The van der Waals surface area contributed by atoms with Crippen LogP contribution in [0.3, 0.4) is 0 Å². The number of nitrogens with one attached hydrogen (secondary N) is 4. The van der Waals surface area contributed by atoms with Crippen LogP contribution in [0, 0.1) is 5.41 Å². The maximum absolute atomic E-state index is 13.4. The van der Waals surface area contributed by atoms with E-state index in [4.69, 9.17) is 15.9 Å². The van der Waals surface area contributed by atoms with Gasteiger partial charge in [0.1, 0.15) is 11.9 Å². The van der Waals surface area contributed by atoms with Crippen LogP contribution in [0.5, 0.6) is 0 Å². The number of hydrogen-bond donors (Lipinski definition) is 5. The zero-order chi connectivity index (χ0) is 25.9. The van der Waals surface area contributed by atoms with Gasteiger partial charge in [0.15, 0.2) is 0 Å². The lowest BCUT2D eigenvalue weighted by Gasteiger charge is -2.24. The number of carbonyl (C=O) groups is 3. The van der Waals surface area contributed by atoms with Gasteiger partial charge in [-0.1, -0.05) is 36.4 Å². The van der Waals surface area contributed by atoms with Crippen molar-refractivity contribution in [3.63, 3.8) is 0 Å². The number of esters is 1. The SMILES string of the molecule is CCOC(=O)CC(NC(=O)[C@@H](NC(=O)Nc1ccc(C(=N)N)cc1)c1ccccc1)c1cccnc1. The molecule has 10 heteroatoms. The number of nitrogens with zero attached hydrogens (tertiary/aromatic N) is 1. The summed E-state index contributed by atoms with van der Waals surface area (Å²) in [5.74, 6) is -1.07. The summed E-state index contributed by atoms with van der Waals surface area (Å²) in [6, 6.07) is 16.2. The Morgan fingerprint density at radius 2 is 1.67 bits per heavy atom. The van der Waals surface area contributed by atoms with Crippen LogP contribution in [0.4, 0.5) is 10.5 Å². The quantitative estimate of drug-likeness (QED) is 0.168. The average molecular weight is 489 g/mol. The molecule has 3 aromatic rings. The molecule has 0 fully saturated rings. The van der Waals surface area contributed by atoms with Crippen molar-refractivity contribution in [1.29, 1.82) is 5.41 Å². The second kappa shape index (κ2) is 12.7. The molecule has 0 aliphatic carbocycles.